The van der Waals surface area contributed by atoms with Crippen LogP contribution in [-0.4, -0.2) is 12.6 Å². The van der Waals surface area contributed by atoms with Gasteiger partial charge in [0, 0.05) is 0 Å². The highest BCUT2D eigenvalue weighted by atomic mass is 16.3. The summed E-state index contributed by atoms with van der Waals surface area (Å²) in [4.78, 5) is 20.4. The zero-order chi connectivity index (χ0) is 15.6. The molecule has 0 bridgehead atoms. The van der Waals surface area contributed by atoms with Crippen molar-refractivity contribution in [3.05, 3.63) is 71.6 Å². The molecule has 0 saturated carbocycles. The zero-order valence-electron chi connectivity index (χ0n) is 11.7. The first-order valence-electron chi connectivity index (χ1n) is 6.60. The van der Waals surface area contributed by atoms with Gasteiger partial charge < -0.3 is 8.83 Å². The Hall–Kier alpha value is -3.14. The topological polar surface area (TPSA) is 60.4 Å². The molecule has 0 aliphatic heterocycles. The quantitative estimate of drug-likeness (QED) is 0.439. The molecule has 22 heavy (non-hydrogen) atoms. The zero-order valence-corrected chi connectivity index (χ0v) is 11.7. The van der Waals surface area contributed by atoms with Gasteiger partial charge in [-0.1, -0.05) is 12.2 Å². The Morgan fingerprint density at radius 1 is 0.545 bits per heavy atom. The average molecular weight is 294 g/mol. The number of furan rings is 2. The van der Waals surface area contributed by atoms with E-state index in [0.29, 0.717) is 35.6 Å². The van der Waals surface area contributed by atoms with Crippen molar-refractivity contribution in [1.29, 1.82) is 0 Å². The minimum atomic E-state index is 0.619. The lowest BCUT2D eigenvalue weighted by Gasteiger charge is -1.85. The van der Waals surface area contributed by atoms with Crippen molar-refractivity contribution in [3.8, 4) is 0 Å². The summed E-state index contributed by atoms with van der Waals surface area (Å²) in [7, 11) is 0. The predicted octanol–water partition coefficient (Wildman–Crippen LogP) is 4.02. The standard InChI is InChI=1S/C18H14O4/c19-13-3-7-17-11-9-15(21-17)5-1-2-6-16-10-12-18(22-16)8-4-14-20/h1-14H/b5-1+,6-2+,7-3+,8-4+. The molecule has 0 spiro atoms. The largest absolute Gasteiger partial charge is 0.457 e. The second kappa shape index (κ2) is 8.21. The lowest BCUT2D eigenvalue weighted by molar-refractivity contribution is -0.104. The smallest absolute Gasteiger partial charge is 0.142 e. The van der Waals surface area contributed by atoms with E-state index in [-0.39, 0.29) is 0 Å². The molecule has 0 saturated heterocycles. The van der Waals surface area contributed by atoms with Crippen LogP contribution in [0.1, 0.15) is 23.0 Å². The number of hydrogen-bond donors (Lipinski definition) is 0. The molecule has 110 valence electrons. The van der Waals surface area contributed by atoms with Gasteiger partial charge >= 0.3 is 0 Å². The molecule has 4 nitrogen and oxygen atoms in total. The van der Waals surface area contributed by atoms with Crippen LogP contribution in [0.5, 0.6) is 0 Å². The lowest BCUT2D eigenvalue weighted by atomic mass is 10.3. The van der Waals surface area contributed by atoms with Gasteiger partial charge in [-0.15, -0.1) is 0 Å². The van der Waals surface area contributed by atoms with Crippen LogP contribution in [0.25, 0.3) is 24.3 Å². The molecule has 2 aromatic rings. The number of allylic oxidation sites excluding steroid dienone is 4. The Bertz CT molecular complexity index is 674. The molecule has 0 atom stereocenters. The monoisotopic (exact) mass is 294 g/mol. The van der Waals surface area contributed by atoms with E-state index in [1.165, 1.54) is 12.2 Å². The van der Waals surface area contributed by atoms with Crippen LogP contribution < -0.4 is 0 Å². The normalized spacial score (nSPS) is 12.2. The minimum absolute atomic E-state index is 0.619. The molecule has 2 aromatic heterocycles. The van der Waals surface area contributed by atoms with Crippen LogP contribution >= 0.6 is 0 Å². The Labute approximate surface area is 127 Å². The second-order valence-electron chi connectivity index (χ2n) is 4.19. The van der Waals surface area contributed by atoms with Gasteiger partial charge in [0.05, 0.1) is 0 Å². The van der Waals surface area contributed by atoms with Crippen molar-refractivity contribution in [2.45, 2.75) is 0 Å². The van der Waals surface area contributed by atoms with E-state index < -0.39 is 0 Å². The Balaban J connectivity index is 1.93. The molecule has 0 unspecified atom stereocenters. The van der Waals surface area contributed by atoms with Crippen molar-refractivity contribution in [1.82, 2.24) is 0 Å². The highest BCUT2D eigenvalue weighted by molar-refractivity contribution is 5.73. The Morgan fingerprint density at radius 2 is 0.864 bits per heavy atom. The molecule has 0 fully saturated rings. The summed E-state index contributed by atoms with van der Waals surface area (Å²) < 4.78 is 10.9. The van der Waals surface area contributed by atoms with Crippen molar-refractivity contribution < 1.29 is 18.4 Å². The van der Waals surface area contributed by atoms with Gasteiger partial charge in [-0.05, 0) is 60.7 Å². The molecule has 0 aliphatic carbocycles. The highest BCUT2D eigenvalue weighted by Gasteiger charge is 1.95. The van der Waals surface area contributed by atoms with Gasteiger partial charge in [-0.3, -0.25) is 9.59 Å². The second-order valence-corrected chi connectivity index (χ2v) is 4.19. The van der Waals surface area contributed by atoms with Crippen molar-refractivity contribution in [2.24, 2.45) is 0 Å². The van der Waals surface area contributed by atoms with E-state index in [1.54, 1.807) is 36.4 Å². The highest BCUT2D eigenvalue weighted by Crippen LogP contribution is 2.13. The molecule has 4 heteroatoms. The number of carbonyl (C=O) groups is 2. The van der Waals surface area contributed by atoms with Gasteiger partial charge in [-0.2, -0.15) is 0 Å². The van der Waals surface area contributed by atoms with Crippen LogP contribution in [0.3, 0.4) is 0 Å². The summed E-state index contributed by atoms with van der Waals surface area (Å²) in [5, 5.41) is 0. The van der Waals surface area contributed by atoms with Crippen molar-refractivity contribution >= 4 is 36.9 Å². The fraction of sp³-hybridized carbons (Fsp3) is 0. The molecule has 0 aliphatic rings. The van der Waals surface area contributed by atoms with Gasteiger partial charge in [-0.25, -0.2) is 0 Å². The molecule has 0 aromatic carbocycles. The Morgan fingerprint density at radius 3 is 1.18 bits per heavy atom. The van der Waals surface area contributed by atoms with Crippen LogP contribution in [0.15, 0.2) is 57.4 Å². The maximum absolute atomic E-state index is 10.2. The summed E-state index contributed by atoms with van der Waals surface area (Å²) in [6.45, 7) is 0. The third-order valence-electron chi connectivity index (χ3n) is 2.61. The van der Waals surface area contributed by atoms with Crippen LogP contribution in [-0.2, 0) is 9.59 Å². The summed E-state index contributed by atoms with van der Waals surface area (Å²) in [5.74, 6) is 2.61. The van der Waals surface area contributed by atoms with Crippen molar-refractivity contribution in [2.75, 3.05) is 0 Å². The summed E-state index contributed by atoms with van der Waals surface area (Å²) in [6, 6.07) is 7.18. The minimum Gasteiger partial charge on any atom is -0.457 e. The number of carbonyl (C=O) groups excluding carboxylic acids is 2. The SMILES string of the molecule is O=C/C=C/c1ccc(/C=C/C=C/c2ccc(/C=C/C=O)o2)o1. The first-order chi connectivity index (χ1) is 10.8. The fourth-order valence-corrected chi connectivity index (χ4v) is 1.66. The molecular weight excluding hydrogens is 280 g/mol. The van der Waals surface area contributed by atoms with Crippen molar-refractivity contribution in [3.63, 3.8) is 0 Å². The summed E-state index contributed by atoms with van der Waals surface area (Å²) >= 11 is 0. The molecule has 2 heterocycles. The third kappa shape index (κ3) is 4.76. The maximum atomic E-state index is 10.2. The number of hydrogen-bond acceptors (Lipinski definition) is 4. The molecule has 0 amide bonds. The number of rotatable bonds is 7. The first-order valence-corrected chi connectivity index (χ1v) is 6.60. The van der Waals surface area contributed by atoms with Crippen LogP contribution in [0.2, 0.25) is 0 Å². The first kappa shape index (κ1) is 15.3. The summed E-state index contributed by atoms with van der Waals surface area (Å²) in [5.41, 5.74) is 0. The van der Waals surface area contributed by atoms with E-state index in [4.69, 9.17) is 8.83 Å². The van der Waals surface area contributed by atoms with E-state index in [9.17, 15) is 9.59 Å². The molecule has 2 rings (SSSR count). The van der Waals surface area contributed by atoms with E-state index in [1.807, 2.05) is 24.3 Å². The maximum Gasteiger partial charge on any atom is 0.142 e. The lowest BCUT2D eigenvalue weighted by Crippen LogP contribution is -1.64. The van der Waals surface area contributed by atoms with Crippen LogP contribution in [0, 0.1) is 0 Å². The van der Waals surface area contributed by atoms with Gasteiger partial charge in [0.15, 0.2) is 0 Å². The fourth-order valence-electron chi connectivity index (χ4n) is 1.66. The third-order valence-corrected chi connectivity index (χ3v) is 2.61. The van der Waals surface area contributed by atoms with Gasteiger partial charge in [0.2, 0.25) is 0 Å². The molecule has 0 N–H and O–H groups in total. The predicted molar refractivity (Wildman–Crippen MR) is 85.7 cm³/mol. The van der Waals surface area contributed by atoms with E-state index >= 15 is 0 Å². The van der Waals surface area contributed by atoms with Gasteiger partial charge in [0.25, 0.3) is 0 Å². The molecular formula is C18H14O4. The molecule has 0 radical (unpaired) electrons. The van der Waals surface area contributed by atoms with E-state index in [0.717, 1.165) is 0 Å². The summed E-state index contributed by atoms with van der Waals surface area (Å²) in [6.07, 6.45) is 14.6. The number of aldehydes is 2. The van der Waals surface area contributed by atoms with Gasteiger partial charge in [0.1, 0.15) is 35.6 Å². The van der Waals surface area contributed by atoms with E-state index in [2.05, 4.69) is 0 Å². The Kier molecular flexibility index (Phi) is 5.70. The van der Waals surface area contributed by atoms with Crippen LogP contribution in [0.4, 0.5) is 0 Å². The average Bonchev–Trinajstić information content (AvgIpc) is 3.17.